The number of carbonyl (C=O) groups is 1. The van der Waals surface area contributed by atoms with E-state index in [0.717, 1.165) is 38.0 Å². The molecule has 1 aromatic rings. The van der Waals surface area contributed by atoms with Crippen molar-refractivity contribution >= 4 is 5.91 Å². The van der Waals surface area contributed by atoms with Crippen LogP contribution in [0, 0.1) is 0 Å². The second-order valence-corrected chi connectivity index (χ2v) is 5.52. The Morgan fingerprint density at radius 2 is 2.35 bits per heavy atom. The molecule has 1 aromatic heterocycles. The van der Waals surface area contributed by atoms with Crippen LogP contribution in [-0.4, -0.2) is 44.9 Å². The third-order valence-corrected chi connectivity index (χ3v) is 3.74. The van der Waals surface area contributed by atoms with E-state index in [1.807, 2.05) is 11.1 Å². The summed E-state index contributed by atoms with van der Waals surface area (Å²) < 4.78 is 1.65. The average molecular weight is 279 g/mol. The van der Waals surface area contributed by atoms with Crippen LogP contribution in [0.15, 0.2) is 6.20 Å². The first-order valence-electron chi connectivity index (χ1n) is 7.60. The van der Waals surface area contributed by atoms with Crippen molar-refractivity contribution in [1.29, 1.82) is 0 Å². The number of piperidine rings is 1. The van der Waals surface area contributed by atoms with E-state index in [1.165, 1.54) is 6.42 Å². The van der Waals surface area contributed by atoms with Crippen LogP contribution in [0.2, 0.25) is 0 Å². The quantitative estimate of drug-likeness (QED) is 0.794. The molecular formula is C14H25N5O. The molecule has 2 rings (SSSR count). The zero-order chi connectivity index (χ0) is 14.4. The fourth-order valence-electron chi connectivity index (χ4n) is 2.59. The molecule has 1 saturated heterocycles. The zero-order valence-electron chi connectivity index (χ0n) is 12.5. The van der Waals surface area contributed by atoms with Gasteiger partial charge in [-0.3, -0.25) is 4.79 Å². The summed E-state index contributed by atoms with van der Waals surface area (Å²) in [7, 11) is 0. The third-order valence-electron chi connectivity index (χ3n) is 3.74. The second kappa shape index (κ2) is 7.38. The number of carbonyl (C=O) groups excluding carboxylic acids is 1. The summed E-state index contributed by atoms with van der Waals surface area (Å²) in [5.41, 5.74) is 0.887. The van der Waals surface area contributed by atoms with Gasteiger partial charge in [0.05, 0.1) is 11.9 Å². The molecule has 0 spiro atoms. The predicted molar refractivity (Wildman–Crippen MR) is 77.0 cm³/mol. The van der Waals surface area contributed by atoms with Gasteiger partial charge in [-0.25, -0.2) is 4.68 Å². The van der Waals surface area contributed by atoms with E-state index in [1.54, 1.807) is 4.68 Å². The number of hydrogen-bond donors (Lipinski definition) is 1. The maximum Gasteiger partial charge on any atom is 0.244 e. The largest absolute Gasteiger partial charge is 0.338 e. The van der Waals surface area contributed by atoms with E-state index < -0.39 is 0 Å². The lowest BCUT2D eigenvalue weighted by atomic mass is 10.0. The van der Waals surface area contributed by atoms with Crippen LogP contribution in [0.3, 0.4) is 0 Å². The van der Waals surface area contributed by atoms with Crippen LogP contribution >= 0.6 is 0 Å². The Morgan fingerprint density at radius 3 is 3.10 bits per heavy atom. The Labute approximate surface area is 120 Å². The molecule has 20 heavy (non-hydrogen) atoms. The van der Waals surface area contributed by atoms with Crippen molar-refractivity contribution in [3.8, 4) is 0 Å². The van der Waals surface area contributed by atoms with E-state index in [4.69, 9.17) is 0 Å². The van der Waals surface area contributed by atoms with Gasteiger partial charge in [-0.2, -0.15) is 0 Å². The molecular weight excluding hydrogens is 254 g/mol. The van der Waals surface area contributed by atoms with Crippen molar-refractivity contribution in [3.63, 3.8) is 0 Å². The van der Waals surface area contributed by atoms with Crippen molar-refractivity contribution in [2.75, 3.05) is 13.1 Å². The van der Waals surface area contributed by atoms with Gasteiger partial charge in [0.25, 0.3) is 0 Å². The smallest absolute Gasteiger partial charge is 0.244 e. The fraction of sp³-hybridized carbons (Fsp3) is 0.786. The van der Waals surface area contributed by atoms with Crippen molar-refractivity contribution in [3.05, 3.63) is 11.9 Å². The second-order valence-electron chi connectivity index (χ2n) is 5.52. The van der Waals surface area contributed by atoms with Gasteiger partial charge in [-0.05, 0) is 39.2 Å². The summed E-state index contributed by atoms with van der Waals surface area (Å²) in [6.07, 6.45) is 6.39. The molecule has 0 aliphatic carbocycles. The first-order chi connectivity index (χ1) is 9.70. The minimum atomic E-state index is 0.148. The molecule has 1 aliphatic heterocycles. The number of nitrogens with zero attached hydrogens (tertiary/aromatic N) is 4. The highest BCUT2D eigenvalue weighted by Gasteiger charge is 2.23. The first-order valence-corrected chi connectivity index (χ1v) is 7.60. The van der Waals surface area contributed by atoms with Crippen LogP contribution in [0.1, 0.15) is 45.2 Å². The van der Waals surface area contributed by atoms with Crippen LogP contribution in [-0.2, 0) is 17.9 Å². The van der Waals surface area contributed by atoms with Crippen LogP contribution in [0.4, 0.5) is 0 Å². The molecule has 0 radical (unpaired) electrons. The minimum absolute atomic E-state index is 0.148. The normalized spacial score (nSPS) is 19.3. The number of rotatable bonds is 6. The van der Waals surface area contributed by atoms with Gasteiger partial charge < -0.3 is 10.2 Å². The van der Waals surface area contributed by atoms with Gasteiger partial charge in [0.2, 0.25) is 5.91 Å². The molecule has 1 unspecified atom stereocenters. The highest BCUT2D eigenvalue weighted by Crippen LogP contribution is 2.16. The summed E-state index contributed by atoms with van der Waals surface area (Å²) in [6, 6.07) is 0.352. The standard InChI is InChI=1S/C14H25N5O/c1-3-7-15-9-13-10-18(17-16-13)11-14(20)19-8-5-4-6-12(19)2/h10,12,15H,3-9,11H2,1-2H3. The Kier molecular flexibility index (Phi) is 5.52. The van der Waals surface area contributed by atoms with Gasteiger partial charge >= 0.3 is 0 Å². The Balaban J connectivity index is 1.84. The Morgan fingerprint density at radius 1 is 1.50 bits per heavy atom. The van der Waals surface area contributed by atoms with Crippen molar-refractivity contribution in [2.45, 2.75) is 58.7 Å². The number of hydrogen-bond acceptors (Lipinski definition) is 4. The number of amides is 1. The van der Waals surface area contributed by atoms with E-state index in [9.17, 15) is 4.79 Å². The van der Waals surface area contributed by atoms with Crippen LogP contribution in [0.5, 0.6) is 0 Å². The lowest BCUT2D eigenvalue weighted by Gasteiger charge is -2.33. The molecule has 1 aliphatic rings. The molecule has 6 nitrogen and oxygen atoms in total. The minimum Gasteiger partial charge on any atom is -0.338 e. The van der Waals surface area contributed by atoms with E-state index in [2.05, 4.69) is 29.5 Å². The monoisotopic (exact) mass is 279 g/mol. The van der Waals surface area contributed by atoms with E-state index in [-0.39, 0.29) is 5.91 Å². The lowest BCUT2D eigenvalue weighted by molar-refractivity contribution is -0.135. The summed E-state index contributed by atoms with van der Waals surface area (Å²) in [4.78, 5) is 14.2. The Bertz CT molecular complexity index is 431. The molecule has 0 aromatic carbocycles. The third kappa shape index (κ3) is 4.03. The molecule has 1 N–H and O–H groups in total. The van der Waals surface area contributed by atoms with Gasteiger partial charge in [-0.15, -0.1) is 5.10 Å². The van der Waals surface area contributed by atoms with Crippen LogP contribution < -0.4 is 5.32 Å². The summed E-state index contributed by atoms with van der Waals surface area (Å²) in [5.74, 6) is 0.148. The van der Waals surface area contributed by atoms with Gasteiger partial charge in [0, 0.05) is 19.1 Å². The summed E-state index contributed by atoms with van der Waals surface area (Å²) in [6.45, 7) is 7.10. The summed E-state index contributed by atoms with van der Waals surface area (Å²) in [5, 5.41) is 11.4. The molecule has 0 saturated carbocycles. The zero-order valence-corrected chi connectivity index (χ0v) is 12.5. The topological polar surface area (TPSA) is 63.1 Å². The first kappa shape index (κ1) is 15.0. The number of likely N-dealkylation sites (tertiary alicyclic amines) is 1. The van der Waals surface area contributed by atoms with Crippen molar-refractivity contribution in [1.82, 2.24) is 25.2 Å². The number of nitrogens with one attached hydrogen (secondary N) is 1. The summed E-state index contributed by atoms with van der Waals surface area (Å²) >= 11 is 0. The van der Waals surface area contributed by atoms with Gasteiger partial charge in [-0.1, -0.05) is 12.1 Å². The Hall–Kier alpha value is -1.43. The van der Waals surface area contributed by atoms with Gasteiger partial charge in [0.15, 0.2) is 0 Å². The molecule has 1 fully saturated rings. The SMILES string of the molecule is CCCNCc1cn(CC(=O)N2CCCCC2C)nn1. The highest BCUT2D eigenvalue weighted by molar-refractivity contribution is 5.76. The van der Waals surface area contributed by atoms with Crippen molar-refractivity contribution < 1.29 is 4.79 Å². The molecule has 1 atom stereocenters. The maximum absolute atomic E-state index is 12.3. The van der Waals surface area contributed by atoms with Crippen molar-refractivity contribution in [2.24, 2.45) is 0 Å². The lowest BCUT2D eigenvalue weighted by Crippen LogP contribution is -2.43. The molecule has 1 amide bonds. The molecule has 0 bridgehead atoms. The average Bonchev–Trinajstić information content (AvgIpc) is 2.87. The van der Waals surface area contributed by atoms with E-state index >= 15 is 0 Å². The van der Waals surface area contributed by atoms with Gasteiger partial charge in [0.1, 0.15) is 6.54 Å². The number of aromatic nitrogens is 3. The highest BCUT2D eigenvalue weighted by atomic mass is 16.2. The van der Waals surface area contributed by atoms with Crippen LogP contribution in [0.25, 0.3) is 0 Å². The fourth-order valence-corrected chi connectivity index (χ4v) is 2.59. The maximum atomic E-state index is 12.3. The molecule has 2 heterocycles. The predicted octanol–water partition coefficient (Wildman–Crippen LogP) is 1.18. The van der Waals surface area contributed by atoms with E-state index in [0.29, 0.717) is 19.1 Å². The molecule has 112 valence electrons. The molecule has 6 heteroatoms.